The quantitative estimate of drug-likeness (QED) is 0.246. The van der Waals surface area contributed by atoms with Crippen LogP contribution in [0.25, 0.3) is 43.5 Å². The van der Waals surface area contributed by atoms with Crippen molar-refractivity contribution < 1.29 is 18.4 Å². The van der Waals surface area contributed by atoms with Gasteiger partial charge in [0.15, 0.2) is 0 Å². The first-order valence-electron chi connectivity index (χ1n) is 12.9. The van der Waals surface area contributed by atoms with Gasteiger partial charge in [0.25, 0.3) is 18.2 Å². The summed E-state index contributed by atoms with van der Waals surface area (Å²) in [5.41, 5.74) is 9.03. The number of benzene rings is 1. The number of nitrogens with two attached hydrogens (primary N) is 1. The van der Waals surface area contributed by atoms with E-state index in [2.05, 4.69) is 20.5 Å². The van der Waals surface area contributed by atoms with Gasteiger partial charge in [-0.2, -0.15) is 10.2 Å². The molecule has 0 bridgehead atoms. The molecule has 0 aliphatic heterocycles. The summed E-state index contributed by atoms with van der Waals surface area (Å²) in [7, 11) is 1.78. The zero-order valence-corrected chi connectivity index (χ0v) is 23.5. The van der Waals surface area contributed by atoms with Gasteiger partial charge >= 0.3 is 0 Å². The van der Waals surface area contributed by atoms with Crippen LogP contribution in [0.1, 0.15) is 44.8 Å². The highest BCUT2D eigenvalue weighted by atomic mass is 32.1. The topological polar surface area (TPSA) is 134 Å². The number of hydrogen-bond acceptors (Lipinski definition) is 7. The van der Waals surface area contributed by atoms with E-state index in [1.165, 1.54) is 6.07 Å². The summed E-state index contributed by atoms with van der Waals surface area (Å²) in [5.74, 6) is -1.36. The first-order chi connectivity index (χ1) is 20.1. The molecule has 0 aliphatic carbocycles. The van der Waals surface area contributed by atoms with Crippen molar-refractivity contribution in [3.63, 3.8) is 0 Å². The van der Waals surface area contributed by atoms with Crippen molar-refractivity contribution in [2.45, 2.75) is 26.8 Å². The number of nitrogens with zero attached hydrogens (tertiary/aromatic N) is 6. The van der Waals surface area contributed by atoms with E-state index in [-0.39, 0.29) is 15.4 Å². The SMILES string of the molecule is CCn1cc(-c2cc(C(F)F)nc3sc(C(N)=O)c(NC(=O)c4cc(-c5cnn(C)c5)nc5ccccc45)c23)c(C)n1. The highest BCUT2D eigenvalue weighted by Crippen LogP contribution is 2.43. The Bertz CT molecular complexity index is 2030. The van der Waals surface area contributed by atoms with Crippen molar-refractivity contribution in [3.05, 3.63) is 76.8 Å². The normalized spacial score (nSPS) is 11.6. The number of alkyl halides is 2. The van der Waals surface area contributed by atoms with Gasteiger partial charge in [-0.1, -0.05) is 18.2 Å². The summed E-state index contributed by atoms with van der Waals surface area (Å²) in [4.78, 5) is 35.6. The number of halogens is 2. The molecule has 6 aromatic rings. The fourth-order valence-electron chi connectivity index (χ4n) is 4.92. The molecule has 2 amide bonds. The van der Waals surface area contributed by atoms with Gasteiger partial charge in [0, 0.05) is 47.9 Å². The van der Waals surface area contributed by atoms with Crippen LogP contribution in [0.5, 0.6) is 0 Å². The van der Waals surface area contributed by atoms with E-state index in [1.807, 2.05) is 13.0 Å². The number of carbonyl (C=O) groups excluding carboxylic acids is 2. The van der Waals surface area contributed by atoms with E-state index in [0.717, 1.165) is 11.3 Å². The number of hydrogen-bond donors (Lipinski definition) is 2. The molecule has 42 heavy (non-hydrogen) atoms. The number of nitrogens with one attached hydrogen (secondary N) is 1. The number of primary amides is 1. The number of thiophene rings is 1. The van der Waals surface area contributed by atoms with Crippen LogP contribution < -0.4 is 11.1 Å². The lowest BCUT2D eigenvalue weighted by molar-refractivity contribution is 0.100. The molecular formula is C29H24F2N8O2S. The Labute approximate surface area is 241 Å². The molecule has 5 aromatic heterocycles. The molecule has 0 fully saturated rings. The molecule has 212 valence electrons. The molecule has 0 aliphatic rings. The average molecular weight is 587 g/mol. The molecular weight excluding hydrogens is 562 g/mol. The van der Waals surface area contributed by atoms with Crippen LogP contribution in [0.3, 0.4) is 0 Å². The third kappa shape index (κ3) is 4.67. The maximum absolute atomic E-state index is 14.0. The molecule has 0 spiro atoms. The number of amides is 2. The van der Waals surface area contributed by atoms with Crippen molar-refractivity contribution in [2.24, 2.45) is 12.8 Å². The van der Waals surface area contributed by atoms with Gasteiger partial charge in [-0.05, 0) is 37.6 Å². The minimum absolute atomic E-state index is 0.00935. The summed E-state index contributed by atoms with van der Waals surface area (Å²) < 4.78 is 31.2. The molecule has 10 nitrogen and oxygen atoms in total. The van der Waals surface area contributed by atoms with Crippen molar-refractivity contribution in [2.75, 3.05) is 5.32 Å². The van der Waals surface area contributed by atoms with E-state index < -0.39 is 23.9 Å². The molecule has 6 rings (SSSR count). The van der Waals surface area contributed by atoms with Gasteiger partial charge in [0.1, 0.15) is 15.4 Å². The summed E-state index contributed by atoms with van der Waals surface area (Å²) in [5, 5.41) is 12.5. The van der Waals surface area contributed by atoms with Crippen molar-refractivity contribution in [3.8, 4) is 22.4 Å². The summed E-state index contributed by atoms with van der Waals surface area (Å²) >= 11 is 0.850. The highest BCUT2D eigenvalue weighted by molar-refractivity contribution is 7.21. The second kappa shape index (κ2) is 10.4. The zero-order valence-electron chi connectivity index (χ0n) is 22.7. The molecule has 13 heteroatoms. The summed E-state index contributed by atoms with van der Waals surface area (Å²) in [6, 6.07) is 10.1. The fraction of sp³-hybridized carbons (Fsp3) is 0.172. The molecule has 0 radical (unpaired) electrons. The van der Waals surface area contributed by atoms with Crippen LogP contribution in [0.4, 0.5) is 14.5 Å². The first-order valence-corrected chi connectivity index (χ1v) is 13.8. The third-order valence-corrected chi connectivity index (χ3v) is 7.99. The number of anilines is 1. The Morgan fingerprint density at radius 2 is 1.90 bits per heavy atom. The van der Waals surface area contributed by atoms with Crippen LogP contribution in [-0.4, -0.2) is 41.3 Å². The molecule has 0 atom stereocenters. The number of fused-ring (bicyclic) bond motifs is 2. The first kappa shape index (κ1) is 27.1. The maximum Gasteiger partial charge on any atom is 0.280 e. The van der Waals surface area contributed by atoms with Gasteiger partial charge in [-0.3, -0.25) is 19.0 Å². The lowest BCUT2D eigenvalue weighted by Crippen LogP contribution is -2.17. The minimum Gasteiger partial charge on any atom is -0.365 e. The molecule has 3 N–H and O–H groups in total. The zero-order chi connectivity index (χ0) is 29.7. The predicted molar refractivity (Wildman–Crippen MR) is 157 cm³/mol. The molecule has 5 heterocycles. The van der Waals surface area contributed by atoms with Gasteiger partial charge in [0.2, 0.25) is 0 Å². The van der Waals surface area contributed by atoms with Crippen molar-refractivity contribution in [1.82, 2.24) is 29.5 Å². The predicted octanol–water partition coefficient (Wildman–Crippen LogP) is 5.73. The fourth-order valence-corrected chi connectivity index (χ4v) is 5.94. The van der Waals surface area contributed by atoms with Crippen LogP contribution in [-0.2, 0) is 13.6 Å². The Balaban J connectivity index is 1.56. The van der Waals surface area contributed by atoms with E-state index in [0.29, 0.717) is 56.5 Å². The van der Waals surface area contributed by atoms with E-state index in [1.54, 1.807) is 66.2 Å². The molecule has 0 saturated carbocycles. The highest BCUT2D eigenvalue weighted by Gasteiger charge is 2.27. The van der Waals surface area contributed by atoms with E-state index in [9.17, 15) is 18.4 Å². The minimum atomic E-state index is -2.86. The van der Waals surface area contributed by atoms with Gasteiger partial charge in [-0.25, -0.2) is 18.7 Å². The van der Waals surface area contributed by atoms with Crippen LogP contribution >= 0.6 is 11.3 Å². The standard InChI is InChI=1S/C29H24F2N8O2S/c1-4-39-13-19(14(2)37-39)17-9-22(26(30)31)35-29-23(17)24(25(42-29)27(32)40)36-28(41)18-10-21(15-11-33-38(3)12-15)34-20-8-6-5-7-16(18)20/h5-13,26H,4H2,1-3H3,(H2,32,40)(H,36,41). The molecule has 1 aromatic carbocycles. The molecule has 0 unspecified atom stereocenters. The van der Waals surface area contributed by atoms with Gasteiger partial charge < -0.3 is 11.1 Å². The monoisotopic (exact) mass is 586 g/mol. The number of para-hydroxylation sites is 1. The largest absolute Gasteiger partial charge is 0.365 e. The summed E-state index contributed by atoms with van der Waals surface area (Å²) in [6.45, 7) is 4.23. The lowest BCUT2D eigenvalue weighted by atomic mass is 10.0. The maximum atomic E-state index is 14.0. The number of aromatic nitrogens is 6. The van der Waals surface area contributed by atoms with Crippen molar-refractivity contribution >= 4 is 50.0 Å². The Kier molecular flexibility index (Phi) is 6.73. The van der Waals surface area contributed by atoms with Crippen molar-refractivity contribution in [1.29, 1.82) is 0 Å². The number of carbonyl (C=O) groups is 2. The summed E-state index contributed by atoms with van der Waals surface area (Å²) in [6.07, 6.45) is 2.31. The van der Waals surface area contributed by atoms with Gasteiger partial charge in [0.05, 0.1) is 34.4 Å². The Morgan fingerprint density at radius 1 is 1.12 bits per heavy atom. The van der Waals surface area contributed by atoms with E-state index >= 15 is 0 Å². The number of pyridine rings is 2. The number of rotatable bonds is 7. The lowest BCUT2D eigenvalue weighted by Gasteiger charge is -2.12. The van der Waals surface area contributed by atoms with Crippen LogP contribution in [0.2, 0.25) is 0 Å². The van der Waals surface area contributed by atoms with E-state index in [4.69, 9.17) is 10.7 Å². The van der Waals surface area contributed by atoms with Crippen LogP contribution in [0, 0.1) is 6.92 Å². The third-order valence-electron chi connectivity index (χ3n) is 6.89. The Morgan fingerprint density at radius 3 is 2.57 bits per heavy atom. The van der Waals surface area contributed by atoms with Gasteiger partial charge in [-0.15, -0.1) is 11.3 Å². The second-order valence-electron chi connectivity index (χ2n) is 9.66. The van der Waals surface area contributed by atoms with Crippen LogP contribution in [0.15, 0.2) is 55.0 Å². The second-order valence-corrected chi connectivity index (χ2v) is 10.7. The smallest absolute Gasteiger partial charge is 0.280 e. The number of aryl methyl sites for hydroxylation is 3. The molecule has 0 saturated heterocycles. The average Bonchev–Trinajstić information content (AvgIpc) is 3.68. The Hall–Kier alpha value is -5.04.